The average Bonchev–Trinajstić information content (AvgIpc) is 3.14. The molecular formula is C23H20BrNO6S. The molecule has 0 spiro atoms. The van der Waals surface area contributed by atoms with Crippen LogP contribution in [0.3, 0.4) is 0 Å². The molecule has 0 aliphatic carbocycles. The van der Waals surface area contributed by atoms with Crippen LogP contribution >= 0.6 is 27.3 Å². The fraction of sp³-hybridized carbons (Fsp3) is 0.174. The van der Waals surface area contributed by atoms with E-state index in [2.05, 4.69) is 21.2 Å². The van der Waals surface area contributed by atoms with Crippen LogP contribution < -0.4 is 10.1 Å². The largest absolute Gasteiger partial charge is 0.479 e. The number of halogens is 1. The molecule has 1 heterocycles. The number of ether oxygens (including phenoxy) is 3. The van der Waals surface area contributed by atoms with Crippen LogP contribution in [0.4, 0.5) is 5.69 Å². The highest BCUT2D eigenvalue weighted by atomic mass is 79.9. The van der Waals surface area contributed by atoms with Gasteiger partial charge in [0.2, 0.25) is 0 Å². The van der Waals surface area contributed by atoms with E-state index in [4.69, 9.17) is 14.2 Å². The van der Waals surface area contributed by atoms with Gasteiger partial charge in [0.1, 0.15) is 0 Å². The second-order valence-electron chi connectivity index (χ2n) is 6.39. The van der Waals surface area contributed by atoms with E-state index in [0.29, 0.717) is 20.6 Å². The average molecular weight is 518 g/mol. The molecule has 0 unspecified atom stereocenters. The van der Waals surface area contributed by atoms with Crippen LogP contribution in [0.25, 0.3) is 10.4 Å². The lowest BCUT2D eigenvalue weighted by Crippen LogP contribution is -2.15. The second kappa shape index (κ2) is 10.9. The zero-order valence-corrected chi connectivity index (χ0v) is 19.7. The maximum atomic E-state index is 12.5. The SMILES string of the molecule is CCOC(=O)COc1c(C(=O)OC)sc(-c2ccc(C(=O)Nc3ccccc3)cc2)c1Br. The molecule has 0 aliphatic rings. The summed E-state index contributed by atoms with van der Waals surface area (Å²) in [6, 6.07) is 16.1. The lowest BCUT2D eigenvalue weighted by molar-refractivity contribution is -0.145. The van der Waals surface area contributed by atoms with E-state index in [9.17, 15) is 14.4 Å². The van der Waals surface area contributed by atoms with E-state index in [1.807, 2.05) is 18.2 Å². The highest BCUT2D eigenvalue weighted by molar-refractivity contribution is 9.10. The van der Waals surface area contributed by atoms with Crippen molar-refractivity contribution in [1.82, 2.24) is 0 Å². The number of carbonyl (C=O) groups is 3. The van der Waals surface area contributed by atoms with Gasteiger partial charge in [-0.25, -0.2) is 9.59 Å². The molecule has 0 aliphatic heterocycles. The maximum Gasteiger partial charge on any atom is 0.351 e. The summed E-state index contributed by atoms with van der Waals surface area (Å²) in [6.45, 7) is 1.58. The molecule has 1 aromatic heterocycles. The minimum absolute atomic E-state index is 0.204. The summed E-state index contributed by atoms with van der Waals surface area (Å²) in [7, 11) is 1.27. The third-order valence-electron chi connectivity index (χ3n) is 4.26. The number of amides is 1. The number of esters is 2. The van der Waals surface area contributed by atoms with Gasteiger partial charge in [-0.2, -0.15) is 0 Å². The van der Waals surface area contributed by atoms with Gasteiger partial charge < -0.3 is 19.5 Å². The van der Waals surface area contributed by atoms with Crippen molar-refractivity contribution in [3.05, 3.63) is 69.5 Å². The van der Waals surface area contributed by atoms with Crippen LogP contribution in [-0.2, 0) is 14.3 Å². The number of benzene rings is 2. The standard InChI is InChI=1S/C23H20BrNO6S/c1-3-30-17(26)13-31-19-18(24)20(32-21(19)23(28)29-2)14-9-11-15(12-10-14)22(27)25-16-7-5-4-6-8-16/h4-12H,3,13H2,1-2H3,(H,25,27). The summed E-state index contributed by atoms with van der Waals surface area (Å²) in [6.07, 6.45) is 0. The molecule has 0 bridgehead atoms. The van der Waals surface area contributed by atoms with Crippen LogP contribution in [0.5, 0.6) is 5.75 Å². The smallest absolute Gasteiger partial charge is 0.351 e. The molecule has 0 radical (unpaired) electrons. The monoisotopic (exact) mass is 517 g/mol. The summed E-state index contributed by atoms with van der Waals surface area (Å²) in [5, 5.41) is 2.83. The van der Waals surface area contributed by atoms with Gasteiger partial charge in [-0.05, 0) is 52.7 Å². The normalized spacial score (nSPS) is 10.3. The molecule has 166 valence electrons. The number of anilines is 1. The first-order valence-corrected chi connectivity index (χ1v) is 11.2. The molecular weight excluding hydrogens is 498 g/mol. The minimum Gasteiger partial charge on any atom is -0.479 e. The van der Waals surface area contributed by atoms with Crippen molar-refractivity contribution in [3.63, 3.8) is 0 Å². The molecule has 3 aromatic rings. The van der Waals surface area contributed by atoms with Gasteiger partial charge in [0, 0.05) is 11.3 Å². The lowest BCUT2D eigenvalue weighted by atomic mass is 10.1. The summed E-state index contributed by atoms with van der Waals surface area (Å²) < 4.78 is 15.8. The van der Waals surface area contributed by atoms with Gasteiger partial charge in [0.25, 0.3) is 5.91 Å². The van der Waals surface area contributed by atoms with Crippen molar-refractivity contribution in [2.75, 3.05) is 25.6 Å². The van der Waals surface area contributed by atoms with Gasteiger partial charge in [-0.15, -0.1) is 11.3 Å². The number of thiophene rings is 1. The Balaban J connectivity index is 1.84. The first-order chi connectivity index (χ1) is 15.4. The number of methoxy groups -OCH3 is 1. The maximum absolute atomic E-state index is 12.5. The number of hydrogen-bond donors (Lipinski definition) is 1. The van der Waals surface area contributed by atoms with Crippen molar-refractivity contribution >= 4 is 50.8 Å². The Bertz CT molecular complexity index is 1110. The van der Waals surface area contributed by atoms with Crippen molar-refractivity contribution < 1.29 is 28.6 Å². The Labute approximate surface area is 197 Å². The highest BCUT2D eigenvalue weighted by Gasteiger charge is 2.25. The Kier molecular flexibility index (Phi) is 8.02. The quantitative estimate of drug-likeness (QED) is 0.415. The van der Waals surface area contributed by atoms with Crippen LogP contribution in [0.15, 0.2) is 59.1 Å². The van der Waals surface area contributed by atoms with E-state index in [0.717, 1.165) is 16.9 Å². The molecule has 0 saturated carbocycles. The molecule has 1 amide bonds. The van der Waals surface area contributed by atoms with Crippen molar-refractivity contribution in [1.29, 1.82) is 0 Å². The van der Waals surface area contributed by atoms with E-state index in [-0.39, 0.29) is 29.7 Å². The minimum atomic E-state index is -0.584. The summed E-state index contributed by atoms with van der Waals surface area (Å²) in [4.78, 5) is 37.3. The predicted molar refractivity (Wildman–Crippen MR) is 125 cm³/mol. The number of para-hydroxylation sites is 1. The molecule has 0 saturated heterocycles. The van der Waals surface area contributed by atoms with Crippen LogP contribution in [-0.4, -0.2) is 38.2 Å². The third kappa shape index (κ3) is 5.54. The third-order valence-corrected chi connectivity index (χ3v) is 6.48. The number of carbonyl (C=O) groups excluding carboxylic acids is 3. The fourth-order valence-corrected chi connectivity index (χ4v) is 4.75. The molecule has 1 N–H and O–H groups in total. The Morgan fingerprint density at radius 1 is 1.03 bits per heavy atom. The van der Waals surface area contributed by atoms with E-state index >= 15 is 0 Å². The fourth-order valence-electron chi connectivity index (χ4n) is 2.77. The predicted octanol–water partition coefficient (Wildman–Crippen LogP) is 5.16. The summed E-state index contributed by atoms with van der Waals surface area (Å²) in [5.41, 5.74) is 1.94. The summed E-state index contributed by atoms with van der Waals surface area (Å²) in [5.74, 6) is -1.16. The lowest BCUT2D eigenvalue weighted by Gasteiger charge is -2.07. The van der Waals surface area contributed by atoms with Crippen molar-refractivity contribution in [2.45, 2.75) is 6.92 Å². The molecule has 0 atom stereocenters. The first kappa shape index (κ1) is 23.5. The molecule has 3 rings (SSSR count). The van der Waals surface area contributed by atoms with Gasteiger partial charge in [0.05, 0.1) is 23.1 Å². The Hall–Kier alpha value is -3.17. The number of nitrogens with one attached hydrogen (secondary N) is 1. The number of rotatable bonds is 8. The van der Waals surface area contributed by atoms with Gasteiger partial charge in [-0.3, -0.25) is 4.79 Å². The zero-order valence-electron chi connectivity index (χ0n) is 17.3. The molecule has 32 heavy (non-hydrogen) atoms. The topological polar surface area (TPSA) is 90.9 Å². The number of hydrogen-bond acceptors (Lipinski definition) is 7. The molecule has 2 aromatic carbocycles. The van der Waals surface area contributed by atoms with Crippen molar-refractivity contribution in [2.24, 2.45) is 0 Å². The highest BCUT2D eigenvalue weighted by Crippen LogP contribution is 2.46. The van der Waals surface area contributed by atoms with Crippen LogP contribution in [0.1, 0.15) is 27.0 Å². The van der Waals surface area contributed by atoms with Crippen molar-refractivity contribution in [3.8, 4) is 16.2 Å². The Morgan fingerprint density at radius 3 is 2.34 bits per heavy atom. The molecule has 9 heteroatoms. The molecule has 0 fully saturated rings. The molecule has 7 nitrogen and oxygen atoms in total. The van der Waals surface area contributed by atoms with Crippen LogP contribution in [0, 0.1) is 0 Å². The van der Waals surface area contributed by atoms with Gasteiger partial charge in [-0.1, -0.05) is 30.3 Å². The van der Waals surface area contributed by atoms with Crippen LogP contribution in [0.2, 0.25) is 0 Å². The van der Waals surface area contributed by atoms with E-state index < -0.39 is 11.9 Å². The van der Waals surface area contributed by atoms with E-state index in [1.54, 1.807) is 43.3 Å². The first-order valence-electron chi connectivity index (χ1n) is 9.60. The Morgan fingerprint density at radius 2 is 1.72 bits per heavy atom. The van der Waals surface area contributed by atoms with Gasteiger partial charge in [0.15, 0.2) is 17.2 Å². The second-order valence-corrected chi connectivity index (χ2v) is 8.20. The van der Waals surface area contributed by atoms with Gasteiger partial charge >= 0.3 is 11.9 Å². The van der Waals surface area contributed by atoms with E-state index in [1.165, 1.54) is 7.11 Å². The zero-order chi connectivity index (χ0) is 23.1. The summed E-state index contributed by atoms with van der Waals surface area (Å²) >= 11 is 4.62.